The second-order valence-electron chi connectivity index (χ2n) is 7.12. The number of para-hydroxylation sites is 1. The molecule has 1 atom stereocenters. The molecule has 0 spiro atoms. The summed E-state index contributed by atoms with van der Waals surface area (Å²) in [4.78, 5) is 34.9. The molecule has 9 heteroatoms. The molecular weight excluding hydrogens is 467 g/mol. The Morgan fingerprint density at radius 2 is 1.84 bits per heavy atom. The number of anilines is 1. The molecule has 0 radical (unpaired) electrons. The number of nitrogens with zero attached hydrogens (tertiary/aromatic N) is 3. The Morgan fingerprint density at radius 3 is 2.56 bits per heavy atom. The molecule has 1 N–H and O–H groups in total. The zero-order valence-electron chi connectivity index (χ0n) is 17.2. The normalized spacial score (nSPS) is 12.0. The average Bonchev–Trinajstić information content (AvgIpc) is 2.77. The summed E-state index contributed by atoms with van der Waals surface area (Å²) in [5.74, 6) is -0.111. The summed E-state index contributed by atoms with van der Waals surface area (Å²) in [6.45, 7) is 3.70. The molecule has 0 aliphatic heterocycles. The summed E-state index contributed by atoms with van der Waals surface area (Å²) in [5, 5.41) is 3.64. The van der Waals surface area contributed by atoms with Crippen LogP contribution in [-0.4, -0.2) is 25.7 Å². The largest absolute Gasteiger partial charge is 0.308 e. The molecule has 0 saturated heterocycles. The van der Waals surface area contributed by atoms with E-state index in [0.717, 1.165) is 5.56 Å². The number of hydrogen-bond acceptors (Lipinski definition) is 5. The van der Waals surface area contributed by atoms with Gasteiger partial charge in [-0.3, -0.25) is 14.2 Å². The van der Waals surface area contributed by atoms with E-state index in [2.05, 4.69) is 15.3 Å². The number of hydrogen-bond donors (Lipinski definition) is 1. The molecule has 1 unspecified atom stereocenters. The third kappa shape index (κ3) is 4.65. The Morgan fingerprint density at radius 1 is 1.12 bits per heavy atom. The van der Waals surface area contributed by atoms with E-state index in [1.165, 1.54) is 28.6 Å². The summed E-state index contributed by atoms with van der Waals surface area (Å²) < 4.78 is 1.53. The molecule has 4 aromatic rings. The van der Waals surface area contributed by atoms with E-state index >= 15 is 0 Å². The van der Waals surface area contributed by atoms with E-state index in [1.807, 2.05) is 37.3 Å². The van der Waals surface area contributed by atoms with E-state index in [4.69, 9.17) is 23.2 Å². The fourth-order valence-corrected chi connectivity index (χ4v) is 4.40. The number of fused-ring (bicyclic) bond motifs is 1. The van der Waals surface area contributed by atoms with Crippen molar-refractivity contribution in [2.45, 2.75) is 24.3 Å². The number of rotatable bonds is 5. The van der Waals surface area contributed by atoms with Gasteiger partial charge in [-0.15, -0.1) is 0 Å². The van der Waals surface area contributed by atoms with Crippen molar-refractivity contribution >= 4 is 57.6 Å². The fraction of sp³-hybridized carbons (Fsp3) is 0.130. The van der Waals surface area contributed by atoms with Gasteiger partial charge in [0.05, 0.1) is 31.9 Å². The maximum Gasteiger partial charge on any atom is 0.266 e. The Hall–Kier alpha value is -2.87. The first-order valence-corrected chi connectivity index (χ1v) is 11.3. The Labute approximate surface area is 198 Å². The van der Waals surface area contributed by atoms with Gasteiger partial charge in [0, 0.05) is 6.20 Å². The highest BCUT2D eigenvalue weighted by Gasteiger charge is 2.21. The standard InChI is InChI=1S/C23H18Cl2N4O2S/c1-13-7-9-16(10-8-13)29-22(31)17-5-3-4-6-19(17)27-23(29)32-14(2)21(30)28-20-18(25)11-15(24)12-26-20/h3-12,14H,1-2H3,(H,26,28,30). The average molecular weight is 485 g/mol. The number of halogens is 2. The lowest BCUT2D eigenvalue weighted by molar-refractivity contribution is -0.115. The first-order chi connectivity index (χ1) is 15.3. The summed E-state index contributed by atoms with van der Waals surface area (Å²) in [6, 6.07) is 16.2. The van der Waals surface area contributed by atoms with E-state index in [1.54, 1.807) is 25.1 Å². The predicted molar refractivity (Wildman–Crippen MR) is 130 cm³/mol. The van der Waals surface area contributed by atoms with Gasteiger partial charge in [0.1, 0.15) is 0 Å². The molecule has 0 aliphatic carbocycles. The van der Waals surface area contributed by atoms with Crippen LogP contribution in [0.2, 0.25) is 10.0 Å². The van der Waals surface area contributed by atoms with E-state index in [-0.39, 0.29) is 22.3 Å². The molecule has 0 bridgehead atoms. The van der Waals surface area contributed by atoms with Crippen molar-refractivity contribution in [3.05, 3.63) is 86.8 Å². The molecule has 32 heavy (non-hydrogen) atoms. The highest BCUT2D eigenvalue weighted by atomic mass is 35.5. The van der Waals surface area contributed by atoms with Gasteiger partial charge in [0.15, 0.2) is 11.0 Å². The Balaban J connectivity index is 1.71. The minimum atomic E-state index is -0.590. The molecule has 0 saturated carbocycles. The SMILES string of the molecule is Cc1ccc(-n2c(SC(C)C(=O)Nc3ncc(Cl)cc3Cl)nc3ccccc3c2=O)cc1. The van der Waals surface area contributed by atoms with Gasteiger partial charge < -0.3 is 5.32 Å². The van der Waals surface area contributed by atoms with Crippen LogP contribution in [0.3, 0.4) is 0 Å². The van der Waals surface area contributed by atoms with Gasteiger partial charge in [-0.1, -0.05) is 64.8 Å². The molecule has 2 aromatic heterocycles. The Bertz CT molecular complexity index is 1370. The number of aryl methyl sites for hydroxylation is 1. The molecule has 0 fully saturated rings. The lowest BCUT2D eigenvalue weighted by Crippen LogP contribution is -2.26. The quantitative estimate of drug-likeness (QED) is 0.298. The molecule has 1 amide bonds. The molecule has 4 rings (SSSR count). The molecule has 2 aromatic carbocycles. The van der Waals surface area contributed by atoms with Crippen LogP contribution in [0.15, 0.2) is 70.7 Å². The summed E-state index contributed by atoms with van der Waals surface area (Å²) in [7, 11) is 0. The molecule has 6 nitrogen and oxygen atoms in total. The van der Waals surface area contributed by atoms with Gasteiger partial charge in [-0.05, 0) is 44.2 Å². The number of carbonyl (C=O) groups is 1. The smallest absolute Gasteiger partial charge is 0.266 e. The maximum atomic E-state index is 13.3. The first-order valence-electron chi connectivity index (χ1n) is 9.71. The van der Waals surface area contributed by atoms with Gasteiger partial charge in [0.25, 0.3) is 5.56 Å². The Kier molecular flexibility index (Phi) is 6.50. The van der Waals surface area contributed by atoms with Crippen LogP contribution in [0.5, 0.6) is 0 Å². The molecule has 0 aliphatic rings. The number of amides is 1. The monoisotopic (exact) mass is 484 g/mol. The topological polar surface area (TPSA) is 76.9 Å². The van der Waals surface area contributed by atoms with E-state index < -0.39 is 5.25 Å². The van der Waals surface area contributed by atoms with Crippen molar-refractivity contribution in [2.24, 2.45) is 0 Å². The van der Waals surface area contributed by atoms with Crippen molar-refractivity contribution in [1.82, 2.24) is 14.5 Å². The van der Waals surface area contributed by atoms with Crippen molar-refractivity contribution < 1.29 is 4.79 Å². The first kappa shape index (κ1) is 22.3. The van der Waals surface area contributed by atoms with Gasteiger partial charge >= 0.3 is 0 Å². The lowest BCUT2D eigenvalue weighted by atomic mass is 10.2. The van der Waals surface area contributed by atoms with Crippen LogP contribution in [0, 0.1) is 6.92 Å². The number of benzene rings is 2. The van der Waals surface area contributed by atoms with E-state index in [0.29, 0.717) is 26.8 Å². The molecule has 162 valence electrons. The van der Waals surface area contributed by atoms with Crippen molar-refractivity contribution in [1.29, 1.82) is 0 Å². The zero-order chi connectivity index (χ0) is 22.8. The minimum absolute atomic E-state index is 0.197. The molecular formula is C23H18Cl2N4O2S. The number of pyridine rings is 1. The van der Waals surface area contributed by atoms with Gasteiger partial charge in [-0.2, -0.15) is 0 Å². The minimum Gasteiger partial charge on any atom is -0.308 e. The molecule has 2 heterocycles. The van der Waals surface area contributed by atoms with Crippen LogP contribution in [0.25, 0.3) is 16.6 Å². The lowest BCUT2D eigenvalue weighted by Gasteiger charge is -2.16. The van der Waals surface area contributed by atoms with Crippen LogP contribution >= 0.6 is 35.0 Å². The highest BCUT2D eigenvalue weighted by molar-refractivity contribution is 8.00. The van der Waals surface area contributed by atoms with Crippen molar-refractivity contribution in [3.63, 3.8) is 0 Å². The summed E-state index contributed by atoms with van der Waals surface area (Å²) in [5.41, 5.74) is 2.12. The van der Waals surface area contributed by atoms with Crippen LogP contribution < -0.4 is 10.9 Å². The maximum absolute atomic E-state index is 13.3. The second-order valence-corrected chi connectivity index (χ2v) is 9.27. The van der Waals surface area contributed by atoms with Crippen molar-refractivity contribution in [3.8, 4) is 5.69 Å². The van der Waals surface area contributed by atoms with Gasteiger partial charge in [0.2, 0.25) is 5.91 Å². The fourth-order valence-electron chi connectivity index (χ4n) is 3.05. The third-order valence-corrected chi connectivity index (χ3v) is 6.29. The number of aromatic nitrogens is 3. The second kappa shape index (κ2) is 9.32. The van der Waals surface area contributed by atoms with Crippen LogP contribution in [0.1, 0.15) is 12.5 Å². The van der Waals surface area contributed by atoms with Crippen LogP contribution in [-0.2, 0) is 4.79 Å². The third-order valence-electron chi connectivity index (χ3n) is 4.74. The summed E-state index contributed by atoms with van der Waals surface area (Å²) >= 11 is 13.2. The summed E-state index contributed by atoms with van der Waals surface area (Å²) in [6.07, 6.45) is 1.40. The van der Waals surface area contributed by atoms with Crippen molar-refractivity contribution in [2.75, 3.05) is 5.32 Å². The highest BCUT2D eigenvalue weighted by Crippen LogP contribution is 2.27. The number of carbonyl (C=O) groups excluding carboxylic acids is 1. The zero-order valence-corrected chi connectivity index (χ0v) is 19.5. The van der Waals surface area contributed by atoms with Gasteiger partial charge in [-0.25, -0.2) is 9.97 Å². The number of thioether (sulfide) groups is 1. The number of nitrogens with one attached hydrogen (secondary N) is 1. The van der Waals surface area contributed by atoms with Crippen LogP contribution in [0.4, 0.5) is 5.82 Å². The van der Waals surface area contributed by atoms with E-state index in [9.17, 15) is 9.59 Å². The predicted octanol–water partition coefficient (Wildman–Crippen LogP) is 5.52.